The average Bonchev–Trinajstić information content (AvgIpc) is 3.50. The number of nitrogens with zero attached hydrogens (tertiary/aromatic N) is 7. The van der Waals surface area contributed by atoms with Crippen molar-refractivity contribution in [3.05, 3.63) is 58.5 Å². The molecule has 0 bridgehead atoms. The first-order valence-corrected chi connectivity index (χ1v) is 16.4. The van der Waals surface area contributed by atoms with Gasteiger partial charge in [0.1, 0.15) is 30.3 Å². The van der Waals surface area contributed by atoms with Gasteiger partial charge in [-0.05, 0) is 23.6 Å². The third-order valence-corrected chi connectivity index (χ3v) is 9.54. The van der Waals surface area contributed by atoms with Gasteiger partial charge < -0.3 is 34.8 Å². The summed E-state index contributed by atoms with van der Waals surface area (Å²) in [6.07, 6.45) is -0.787. The smallest absolute Gasteiger partial charge is 0.456 e. The van der Waals surface area contributed by atoms with E-state index in [1.807, 2.05) is 0 Å². The van der Waals surface area contributed by atoms with Gasteiger partial charge in [-0.25, -0.2) is 33.4 Å². The highest BCUT2D eigenvalue weighted by molar-refractivity contribution is 7.66. The Morgan fingerprint density at radius 1 is 1.14 bits per heavy atom. The normalized spacial score (nSPS) is 21.5. The molecule has 43 heavy (non-hydrogen) atoms. The van der Waals surface area contributed by atoms with Crippen LogP contribution in [0.4, 0.5) is 5.82 Å². The van der Waals surface area contributed by atoms with Crippen molar-refractivity contribution in [3.63, 3.8) is 0 Å². The van der Waals surface area contributed by atoms with Gasteiger partial charge >= 0.3 is 29.4 Å². The number of nitrogen functional groups attached to an aromatic ring is 1. The van der Waals surface area contributed by atoms with E-state index in [0.29, 0.717) is 5.56 Å². The molecule has 5 atom stereocenters. The molecular weight excluding hydrogens is 641 g/mol. The zero-order valence-electron chi connectivity index (χ0n) is 21.5. The molecule has 1 fully saturated rings. The lowest BCUT2D eigenvalue weighted by Crippen LogP contribution is -2.31. The summed E-state index contributed by atoms with van der Waals surface area (Å²) in [5, 5.41) is 3.46. The Morgan fingerprint density at radius 2 is 1.88 bits per heavy atom. The van der Waals surface area contributed by atoms with Crippen LogP contribution in [0.5, 0.6) is 0 Å². The fourth-order valence-corrected chi connectivity index (χ4v) is 7.08. The van der Waals surface area contributed by atoms with Gasteiger partial charge in [0.15, 0.2) is 11.5 Å². The third-order valence-electron chi connectivity index (χ3n) is 5.74. The second-order valence-corrected chi connectivity index (χ2v) is 13.1. The number of hydrogen-bond donors (Lipinski definition) is 5. The highest BCUT2D eigenvalue weighted by atomic mass is 31.3. The predicted molar refractivity (Wildman–Crippen MR) is 141 cm³/mol. The molecule has 0 spiro atoms. The number of esters is 1. The van der Waals surface area contributed by atoms with Crippen molar-refractivity contribution in [2.75, 3.05) is 18.9 Å². The zero-order chi connectivity index (χ0) is 31.4. The number of phosphoric acid groups is 3. The molecule has 3 unspecified atom stereocenters. The lowest BCUT2D eigenvalue weighted by atomic mass is 10.0. The van der Waals surface area contributed by atoms with Gasteiger partial charge in [0.05, 0.1) is 18.5 Å². The van der Waals surface area contributed by atoms with Crippen molar-refractivity contribution in [1.29, 1.82) is 0 Å². The third kappa shape index (κ3) is 8.64. The first kappa shape index (κ1) is 32.6. The molecule has 1 saturated heterocycles. The molecule has 4 rings (SSSR count). The van der Waals surface area contributed by atoms with Crippen LogP contribution in [0.15, 0.2) is 42.0 Å². The van der Waals surface area contributed by atoms with Gasteiger partial charge in [0.2, 0.25) is 0 Å². The van der Waals surface area contributed by atoms with Crippen molar-refractivity contribution in [1.82, 2.24) is 19.5 Å². The lowest BCUT2D eigenvalue weighted by Gasteiger charge is -2.21. The summed E-state index contributed by atoms with van der Waals surface area (Å²) in [7, 11) is -16.9. The minimum atomic E-state index is -5.77. The van der Waals surface area contributed by atoms with Crippen LogP contribution in [0, 0.1) is 0 Å². The maximum absolute atomic E-state index is 13.2. The monoisotopic (exact) mass is 664 g/mol. The summed E-state index contributed by atoms with van der Waals surface area (Å²) in [5.41, 5.74) is 15.5. The molecule has 2 aromatic heterocycles. The number of hydrogen-bond acceptors (Lipinski definition) is 14. The largest absolute Gasteiger partial charge is 0.490 e. The second-order valence-electron chi connectivity index (χ2n) is 8.64. The maximum Gasteiger partial charge on any atom is 0.490 e. The van der Waals surface area contributed by atoms with Crippen LogP contribution in [-0.2, 0) is 42.7 Å². The van der Waals surface area contributed by atoms with Crippen molar-refractivity contribution in [2.24, 2.45) is 5.11 Å². The number of carbonyl (C=O) groups is 1. The Labute approximate surface area is 240 Å². The van der Waals surface area contributed by atoms with Crippen LogP contribution >= 0.6 is 23.5 Å². The van der Waals surface area contributed by atoms with Crippen molar-refractivity contribution in [3.8, 4) is 0 Å². The number of carbonyl (C=O) groups excluding carboxylic acids is 1. The molecule has 6 N–H and O–H groups in total. The fraction of sp³-hybridized carbons (Fsp3) is 0.368. The van der Waals surface area contributed by atoms with Crippen molar-refractivity contribution >= 4 is 46.4 Å². The number of phosphoric ester groups is 1. The number of nitrogens with two attached hydrogens (primary N) is 1. The molecule has 24 heteroatoms. The number of imidazole rings is 1. The predicted octanol–water partition coefficient (Wildman–Crippen LogP) is 2.12. The summed E-state index contributed by atoms with van der Waals surface area (Å²) in [6, 6.07) is 6.35. The van der Waals surface area contributed by atoms with Crippen LogP contribution in [0.25, 0.3) is 21.6 Å². The van der Waals surface area contributed by atoms with Crippen LogP contribution in [0.3, 0.4) is 0 Å². The summed E-state index contributed by atoms with van der Waals surface area (Å²) in [5.74, 6) is -0.748. The van der Waals surface area contributed by atoms with E-state index in [1.165, 1.54) is 23.3 Å². The molecule has 1 aromatic carbocycles. The highest BCUT2D eigenvalue weighted by Crippen LogP contribution is 2.66. The maximum atomic E-state index is 13.2. The molecule has 0 radical (unpaired) electrons. The van der Waals surface area contributed by atoms with E-state index in [0.717, 1.165) is 0 Å². The van der Waals surface area contributed by atoms with E-state index in [4.69, 9.17) is 35.0 Å². The summed E-state index contributed by atoms with van der Waals surface area (Å²) >= 11 is 0. The number of aromatic nitrogens is 4. The molecule has 3 aromatic rings. The molecule has 1 aliphatic heterocycles. The molecular formula is C19H23N8O13P3. The van der Waals surface area contributed by atoms with E-state index in [9.17, 15) is 28.3 Å². The molecule has 232 valence electrons. The Bertz CT molecular complexity index is 1690. The first-order chi connectivity index (χ1) is 20.2. The Kier molecular flexibility index (Phi) is 9.98. The number of rotatable bonds is 13. The number of anilines is 1. The van der Waals surface area contributed by atoms with Gasteiger partial charge in [-0.3, -0.25) is 9.09 Å². The van der Waals surface area contributed by atoms with E-state index >= 15 is 0 Å². The van der Waals surface area contributed by atoms with Gasteiger partial charge in [-0.15, -0.1) is 0 Å². The topological polar surface area (TPSA) is 314 Å². The van der Waals surface area contributed by atoms with Crippen LogP contribution < -0.4 is 5.73 Å². The average molecular weight is 664 g/mol. The van der Waals surface area contributed by atoms with Gasteiger partial charge in [0.25, 0.3) is 0 Å². The van der Waals surface area contributed by atoms with Gasteiger partial charge in [-0.1, -0.05) is 23.3 Å². The minimum absolute atomic E-state index is 0.0663. The summed E-state index contributed by atoms with van der Waals surface area (Å²) in [6.45, 7) is -0.822. The molecule has 0 aliphatic carbocycles. The number of ether oxygens (including phenoxy) is 2. The second kappa shape index (κ2) is 13.2. The Morgan fingerprint density at radius 3 is 2.60 bits per heavy atom. The van der Waals surface area contributed by atoms with Gasteiger partial charge in [-0.2, -0.15) is 8.62 Å². The molecule has 3 heterocycles. The van der Waals surface area contributed by atoms with E-state index in [2.05, 4.69) is 33.6 Å². The standard InChI is InChI=1S/C19H23N8O13P3/c20-17-16-18(23-9-22-17)27(10-24-16)15-7-13(38-19(28)12-4-2-1-3-11(12)5-6-25-26-21)14(37-15)8-36-42(32,33)40-43(34,35)39-41(29,30)31/h1-4,9-10,13-15H,5-8H2,(H,32,33)(H,34,35)(H2,20,22,23)(H2,29,30,31)/t13?,14-,15-/m1/s1. The van der Waals surface area contributed by atoms with Crippen LogP contribution in [-0.4, -0.2) is 70.4 Å². The van der Waals surface area contributed by atoms with Crippen molar-refractivity contribution < 1.29 is 60.7 Å². The Balaban J connectivity index is 1.56. The highest BCUT2D eigenvalue weighted by Gasteiger charge is 2.44. The number of benzene rings is 1. The number of azide groups is 1. The van der Waals surface area contributed by atoms with Crippen LogP contribution in [0.2, 0.25) is 0 Å². The van der Waals surface area contributed by atoms with E-state index in [-0.39, 0.29) is 41.9 Å². The molecule has 1 aliphatic rings. The summed E-state index contributed by atoms with van der Waals surface area (Å²) < 4.78 is 60.1. The molecule has 0 amide bonds. The van der Waals surface area contributed by atoms with Crippen LogP contribution in [0.1, 0.15) is 28.6 Å². The quantitative estimate of drug-likeness (QED) is 0.0574. The fourth-order valence-electron chi connectivity index (χ4n) is 4.05. The zero-order valence-corrected chi connectivity index (χ0v) is 24.2. The molecule has 0 saturated carbocycles. The van der Waals surface area contributed by atoms with Crippen molar-refractivity contribution in [2.45, 2.75) is 31.3 Å². The SMILES string of the molecule is [N-]=[N+]=NCCc1ccccc1C(=O)OC1C[C@H](n2cnc3c(N)ncnc32)O[C@@H]1COP(=O)(O)OP(=O)(O)OP(=O)(O)O. The van der Waals surface area contributed by atoms with E-state index < -0.39 is 54.5 Å². The summed E-state index contributed by atoms with van der Waals surface area (Å²) in [4.78, 5) is 64.7. The lowest BCUT2D eigenvalue weighted by molar-refractivity contribution is -0.0490. The molecule has 21 nitrogen and oxygen atoms in total. The first-order valence-electron chi connectivity index (χ1n) is 11.8. The number of fused-ring (bicyclic) bond motifs is 1. The Hall–Kier alpha value is -3.28. The van der Waals surface area contributed by atoms with E-state index in [1.54, 1.807) is 18.2 Å². The van der Waals surface area contributed by atoms with Gasteiger partial charge in [0, 0.05) is 17.9 Å². The minimum Gasteiger partial charge on any atom is -0.456 e.